The van der Waals surface area contributed by atoms with Crippen LogP contribution in [0.4, 0.5) is 5.69 Å². The smallest absolute Gasteiger partial charge is 0.258 e. The van der Waals surface area contributed by atoms with Crippen LogP contribution in [0, 0.1) is 6.92 Å². The second-order valence-electron chi connectivity index (χ2n) is 4.84. The summed E-state index contributed by atoms with van der Waals surface area (Å²) in [5.41, 5.74) is 8.49. The molecule has 2 N–H and O–H groups in total. The van der Waals surface area contributed by atoms with Crippen molar-refractivity contribution in [3.8, 4) is 5.75 Å². The van der Waals surface area contributed by atoms with Gasteiger partial charge in [0.15, 0.2) is 0 Å². The minimum absolute atomic E-state index is 0.125. The van der Waals surface area contributed by atoms with Gasteiger partial charge in [-0.3, -0.25) is 9.20 Å². The Hall–Kier alpha value is -2.82. The number of fused-ring (bicyclic) bond motifs is 1. The van der Waals surface area contributed by atoms with E-state index in [4.69, 9.17) is 10.5 Å². The third-order valence-electron chi connectivity index (χ3n) is 3.17. The molecule has 0 aliphatic carbocycles. The predicted octanol–water partition coefficient (Wildman–Crippen LogP) is 2.16. The summed E-state index contributed by atoms with van der Waals surface area (Å²) >= 11 is 0. The summed E-state index contributed by atoms with van der Waals surface area (Å²) in [5, 5.41) is 0. The van der Waals surface area contributed by atoms with Gasteiger partial charge < -0.3 is 10.5 Å². The fourth-order valence-electron chi connectivity index (χ4n) is 2.09. The van der Waals surface area contributed by atoms with Crippen molar-refractivity contribution in [1.29, 1.82) is 0 Å². The fraction of sp³-hybridized carbons (Fsp3) is 0.125. The SMILES string of the molecule is Cc1ccn2c(=O)cc(COc3ccccc3N)nc2c1. The summed E-state index contributed by atoms with van der Waals surface area (Å²) in [7, 11) is 0. The molecule has 2 aromatic heterocycles. The molecule has 0 unspecified atom stereocenters. The lowest BCUT2D eigenvalue weighted by Crippen LogP contribution is -2.16. The summed E-state index contributed by atoms with van der Waals surface area (Å²) in [5.74, 6) is 0.587. The third kappa shape index (κ3) is 2.72. The van der Waals surface area contributed by atoms with Crippen LogP contribution in [0.5, 0.6) is 5.75 Å². The highest BCUT2D eigenvalue weighted by Crippen LogP contribution is 2.20. The summed E-state index contributed by atoms with van der Waals surface area (Å²) in [4.78, 5) is 16.5. The van der Waals surface area contributed by atoms with E-state index in [0.717, 1.165) is 5.56 Å². The van der Waals surface area contributed by atoms with E-state index in [-0.39, 0.29) is 12.2 Å². The van der Waals surface area contributed by atoms with Crippen LogP contribution in [0.3, 0.4) is 0 Å². The van der Waals surface area contributed by atoms with E-state index < -0.39 is 0 Å². The van der Waals surface area contributed by atoms with Crippen molar-refractivity contribution in [3.63, 3.8) is 0 Å². The monoisotopic (exact) mass is 281 g/mol. The number of nitrogens with zero attached hydrogens (tertiary/aromatic N) is 2. The van der Waals surface area contributed by atoms with Crippen LogP contribution in [-0.2, 0) is 6.61 Å². The van der Waals surface area contributed by atoms with Gasteiger partial charge in [-0.2, -0.15) is 0 Å². The Morgan fingerprint density at radius 1 is 1.24 bits per heavy atom. The highest BCUT2D eigenvalue weighted by Gasteiger charge is 2.05. The molecule has 2 heterocycles. The van der Waals surface area contributed by atoms with Gasteiger partial charge in [0.2, 0.25) is 0 Å². The Kier molecular flexibility index (Phi) is 3.31. The number of aryl methyl sites for hydroxylation is 1. The predicted molar refractivity (Wildman–Crippen MR) is 81.4 cm³/mol. The molecule has 0 atom stereocenters. The maximum Gasteiger partial charge on any atom is 0.258 e. The van der Waals surface area contributed by atoms with Crippen LogP contribution in [0.25, 0.3) is 5.65 Å². The molecular weight excluding hydrogens is 266 g/mol. The standard InChI is InChI=1S/C16H15N3O2/c1-11-6-7-19-15(8-11)18-12(9-16(19)20)10-21-14-5-3-2-4-13(14)17/h2-9H,10,17H2,1H3. The molecule has 106 valence electrons. The van der Waals surface area contributed by atoms with Gasteiger partial charge in [0, 0.05) is 12.3 Å². The van der Waals surface area contributed by atoms with Crippen LogP contribution in [-0.4, -0.2) is 9.38 Å². The highest BCUT2D eigenvalue weighted by molar-refractivity contribution is 5.51. The zero-order chi connectivity index (χ0) is 14.8. The summed E-state index contributed by atoms with van der Waals surface area (Å²) in [6, 6.07) is 12.4. The van der Waals surface area contributed by atoms with Crippen molar-refractivity contribution >= 4 is 11.3 Å². The molecule has 0 aliphatic rings. The Bertz CT molecular complexity index is 856. The largest absolute Gasteiger partial charge is 0.485 e. The van der Waals surface area contributed by atoms with Crippen molar-refractivity contribution in [2.24, 2.45) is 0 Å². The number of para-hydroxylation sites is 2. The van der Waals surface area contributed by atoms with E-state index in [1.165, 1.54) is 10.5 Å². The number of hydrogen-bond acceptors (Lipinski definition) is 4. The van der Waals surface area contributed by atoms with E-state index >= 15 is 0 Å². The average molecular weight is 281 g/mol. The molecule has 0 saturated heterocycles. The molecule has 0 fully saturated rings. The minimum atomic E-state index is -0.125. The molecule has 21 heavy (non-hydrogen) atoms. The van der Waals surface area contributed by atoms with E-state index in [1.807, 2.05) is 31.2 Å². The molecule has 5 nitrogen and oxygen atoms in total. The first-order chi connectivity index (χ1) is 10.1. The van der Waals surface area contributed by atoms with Gasteiger partial charge in [-0.15, -0.1) is 0 Å². The van der Waals surface area contributed by atoms with Gasteiger partial charge in [0.05, 0.1) is 11.4 Å². The number of pyridine rings is 1. The lowest BCUT2D eigenvalue weighted by Gasteiger charge is -2.09. The zero-order valence-corrected chi connectivity index (χ0v) is 11.6. The van der Waals surface area contributed by atoms with Gasteiger partial charge in [-0.25, -0.2) is 4.98 Å². The summed E-state index contributed by atoms with van der Waals surface area (Å²) < 4.78 is 7.13. The molecular formula is C16H15N3O2. The maximum atomic E-state index is 12.0. The van der Waals surface area contributed by atoms with Crippen molar-refractivity contribution in [1.82, 2.24) is 9.38 Å². The quantitative estimate of drug-likeness (QED) is 0.747. The number of rotatable bonds is 3. The number of aromatic nitrogens is 2. The first-order valence-corrected chi connectivity index (χ1v) is 6.60. The number of nitrogens with two attached hydrogens (primary N) is 1. The van der Waals surface area contributed by atoms with E-state index in [9.17, 15) is 4.79 Å². The molecule has 3 rings (SSSR count). The Morgan fingerprint density at radius 2 is 2.05 bits per heavy atom. The first kappa shape index (κ1) is 13.2. The Labute approximate surface area is 121 Å². The normalized spacial score (nSPS) is 10.7. The zero-order valence-electron chi connectivity index (χ0n) is 11.6. The average Bonchev–Trinajstić information content (AvgIpc) is 2.46. The second-order valence-corrected chi connectivity index (χ2v) is 4.84. The first-order valence-electron chi connectivity index (χ1n) is 6.60. The van der Waals surface area contributed by atoms with Gasteiger partial charge in [-0.05, 0) is 36.8 Å². The molecule has 0 spiro atoms. The number of hydrogen-bond donors (Lipinski definition) is 1. The topological polar surface area (TPSA) is 69.6 Å². The lowest BCUT2D eigenvalue weighted by molar-refractivity contribution is 0.303. The number of ether oxygens (including phenoxy) is 1. The van der Waals surface area contributed by atoms with Gasteiger partial charge in [0.1, 0.15) is 18.0 Å². The molecule has 3 aromatic rings. The Morgan fingerprint density at radius 3 is 2.86 bits per heavy atom. The maximum absolute atomic E-state index is 12.0. The van der Waals surface area contributed by atoms with Crippen LogP contribution in [0.1, 0.15) is 11.3 Å². The van der Waals surface area contributed by atoms with Crippen LogP contribution in [0.15, 0.2) is 53.5 Å². The highest BCUT2D eigenvalue weighted by atomic mass is 16.5. The molecule has 0 aliphatic heterocycles. The van der Waals surface area contributed by atoms with Crippen LogP contribution in [0.2, 0.25) is 0 Å². The minimum Gasteiger partial charge on any atom is -0.485 e. The fourth-order valence-corrected chi connectivity index (χ4v) is 2.09. The van der Waals surface area contributed by atoms with E-state index in [1.54, 1.807) is 18.3 Å². The van der Waals surface area contributed by atoms with Crippen molar-refractivity contribution < 1.29 is 4.74 Å². The molecule has 0 bridgehead atoms. The van der Waals surface area contributed by atoms with E-state index in [0.29, 0.717) is 22.8 Å². The summed E-state index contributed by atoms with van der Waals surface area (Å²) in [6.07, 6.45) is 1.72. The van der Waals surface area contributed by atoms with Crippen molar-refractivity contribution in [2.75, 3.05) is 5.73 Å². The second kappa shape index (κ2) is 5.28. The number of benzene rings is 1. The number of nitrogen functional groups attached to an aromatic ring is 1. The Balaban J connectivity index is 1.91. The van der Waals surface area contributed by atoms with Crippen molar-refractivity contribution in [2.45, 2.75) is 13.5 Å². The van der Waals surface area contributed by atoms with Gasteiger partial charge >= 0.3 is 0 Å². The van der Waals surface area contributed by atoms with Crippen molar-refractivity contribution in [3.05, 3.63) is 70.3 Å². The lowest BCUT2D eigenvalue weighted by atomic mass is 10.3. The van der Waals surface area contributed by atoms with E-state index in [2.05, 4.69) is 4.98 Å². The van der Waals surface area contributed by atoms with Gasteiger partial charge in [-0.1, -0.05) is 12.1 Å². The molecule has 0 amide bonds. The van der Waals surface area contributed by atoms with Crippen LogP contribution >= 0.6 is 0 Å². The molecule has 5 heteroatoms. The summed E-state index contributed by atoms with van der Waals surface area (Å²) in [6.45, 7) is 2.16. The third-order valence-corrected chi connectivity index (χ3v) is 3.17. The van der Waals surface area contributed by atoms with Crippen LogP contribution < -0.4 is 16.0 Å². The van der Waals surface area contributed by atoms with Gasteiger partial charge in [0.25, 0.3) is 5.56 Å². The molecule has 1 aromatic carbocycles. The molecule has 0 radical (unpaired) electrons. The molecule has 0 saturated carbocycles. The number of anilines is 1.